The first-order valence-electron chi connectivity index (χ1n) is 9.57. The van der Waals surface area contributed by atoms with Crippen LogP contribution in [0.15, 0.2) is 53.4 Å². The Hall–Kier alpha value is -1.82. The number of carbonyl (C=O) groups is 1. The van der Waals surface area contributed by atoms with Crippen molar-refractivity contribution in [2.75, 3.05) is 39.4 Å². The second-order valence-corrected chi connectivity index (χ2v) is 7.91. The summed E-state index contributed by atoms with van der Waals surface area (Å²) in [6.07, 6.45) is 0.969. The van der Waals surface area contributed by atoms with Crippen molar-refractivity contribution in [2.24, 2.45) is 0 Å². The molecule has 3 rings (SSSR count). The molecule has 2 aromatic rings. The van der Waals surface area contributed by atoms with Gasteiger partial charge in [0.15, 0.2) is 0 Å². The van der Waals surface area contributed by atoms with Crippen molar-refractivity contribution in [3.8, 4) is 0 Å². The standard InChI is InChI=1S/C22H28N2O2S/c1-18-3-9-21(10-4-18)27-17-19-5-7-20(8-6-19)22(25)23-11-2-12-24-13-15-26-16-14-24/h3-10H,2,11-17H2,1H3,(H,23,25). The highest BCUT2D eigenvalue weighted by molar-refractivity contribution is 7.98. The Bertz CT molecular complexity index is 710. The number of hydrogen-bond acceptors (Lipinski definition) is 4. The quantitative estimate of drug-likeness (QED) is 0.556. The number of morpholine rings is 1. The van der Waals surface area contributed by atoms with Crippen LogP contribution in [0.25, 0.3) is 0 Å². The molecule has 0 unspecified atom stereocenters. The van der Waals surface area contributed by atoms with Gasteiger partial charge in [0, 0.05) is 35.8 Å². The molecule has 0 aromatic heterocycles. The van der Waals surface area contributed by atoms with Crippen molar-refractivity contribution in [1.82, 2.24) is 10.2 Å². The summed E-state index contributed by atoms with van der Waals surface area (Å²) < 4.78 is 5.35. The Labute approximate surface area is 166 Å². The highest BCUT2D eigenvalue weighted by atomic mass is 32.2. The van der Waals surface area contributed by atoms with Crippen molar-refractivity contribution in [3.63, 3.8) is 0 Å². The minimum Gasteiger partial charge on any atom is -0.379 e. The number of aryl methyl sites for hydroxylation is 1. The average molecular weight is 385 g/mol. The number of amides is 1. The van der Waals surface area contributed by atoms with E-state index in [1.807, 2.05) is 36.0 Å². The van der Waals surface area contributed by atoms with Crippen molar-refractivity contribution < 1.29 is 9.53 Å². The topological polar surface area (TPSA) is 41.6 Å². The van der Waals surface area contributed by atoms with Gasteiger partial charge in [-0.1, -0.05) is 29.8 Å². The third kappa shape index (κ3) is 6.69. The smallest absolute Gasteiger partial charge is 0.251 e. The molecule has 4 nitrogen and oxygen atoms in total. The molecule has 1 fully saturated rings. The monoisotopic (exact) mass is 384 g/mol. The van der Waals surface area contributed by atoms with E-state index in [1.165, 1.54) is 16.0 Å². The Balaban J connectivity index is 1.38. The Morgan fingerprint density at radius 1 is 1.07 bits per heavy atom. The fraction of sp³-hybridized carbons (Fsp3) is 0.409. The summed E-state index contributed by atoms with van der Waals surface area (Å²) in [5.41, 5.74) is 3.23. The number of hydrogen-bond donors (Lipinski definition) is 1. The van der Waals surface area contributed by atoms with Gasteiger partial charge in [-0.25, -0.2) is 0 Å². The molecule has 0 saturated carbocycles. The van der Waals surface area contributed by atoms with Crippen molar-refractivity contribution in [1.29, 1.82) is 0 Å². The second kappa shape index (κ2) is 10.5. The van der Waals surface area contributed by atoms with E-state index in [0.717, 1.165) is 50.6 Å². The van der Waals surface area contributed by atoms with E-state index >= 15 is 0 Å². The Kier molecular flexibility index (Phi) is 7.75. The molecule has 144 valence electrons. The summed E-state index contributed by atoms with van der Waals surface area (Å²) in [4.78, 5) is 15.9. The van der Waals surface area contributed by atoms with Crippen molar-refractivity contribution in [2.45, 2.75) is 24.0 Å². The molecule has 1 saturated heterocycles. The first kappa shape index (κ1) is 19.9. The molecule has 1 aliphatic rings. The zero-order chi connectivity index (χ0) is 18.9. The molecule has 27 heavy (non-hydrogen) atoms. The summed E-state index contributed by atoms with van der Waals surface area (Å²) in [6, 6.07) is 16.5. The Morgan fingerprint density at radius 3 is 2.48 bits per heavy atom. The number of thioether (sulfide) groups is 1. The van der Waals surface area contributed by atoms with Crippen LogP contribution in [0.3, 0.4) is 0 Å². The van der Waals surface area contributed by atoms with E-state index < -0.39 is 0 Å². The van der Waals surface area contributed by atoms with E-state index in [2.05, 4.69) is 41.4 Å². The van der Waals surface area contributed by atoms with E-state index in [4.69, 9.17) is 4.74 Å². The molecule has 5 heteroatoms. The van der Waals surface area contributed by atoms with Crippen LogP contribution in [0.2, 0.25) is 0 Å². The minimum atomic E-state index is 0.00900. The van der Waals surface area contributed by atoms with E-state index in [0.29, 0.717) is 6.54 Å². The van der Waals surface area contributed by atoms with Gasteiger partial charge in [-0.15, -0.1) is 11.8 Å². The predicted octanol–water partition coefficient (Wildman–Crippen LogP) is 3.74. The summed E-state index contributed by atoms with van der Waals surface area (Å²) in [5.74, 6) is 0.916. The molecule has 2 aromatic carbocycles. The van der Waals surface area contributed by atoms with Gasteiger partial charge >= 0.3 is 0 Å². The fourth-order valence-electron chi connectivity index (χ4n) is 2.98. The third-order valence-corrected chi connectivity index (χ3v) is 5.77. The largest absolute Gasteiger partial charge is 0.379 e. The molecular formula is C22H28N2O2S. The number of ether oxygens (including phenoxy) is 1. The molecule has 1 aliphatic heterocycles. The first-order valence-corrected chi connectivity index (χ1v) is 10.6. The number of carbonyl (C=O) groups excluding carboxylic acids is 1. The SMILES string of the molecule is Cc1ccc(SCc2ccc(C(=O)NCCCN3CCOCC3)cc2)cc1. The normalized spacial score (nSPS) is 14.9. The third-order valence-electron chi connectivity index (χ3n) is 4.68. The van der Waals surface area contributed by atoms with Crippen LogP contribution in [-0.4, -0.2) is 50.2 Å². The van der Waals surface area contributed by atoms with E-state index in [1.54, 1.807) is 0 Å². The molecule has 0 aliphatic carbocycles. The zero-order valence-corrected chi connectivity index (χ0v) is 16.8. The number of nitrogens with one attached hydrogen (secondary N) is 1. The predicted molar refractivity (Wildman–Crippen MR) is 111 cm³/mol. The molecule has 0 spiro atoms. The van der Waals surface area contributed by atoms with Gasteiger partial charge in [-0.05, 0) is 49.7 Å². The van der Waals surface area contributed by atoms with Gasteiger partial charge in [-0.2, -0.15) is 0 Å². The van der Waals surface area contributed by atoms with Gasteiger partial charge in [0.2, 0.25) is 0 Å². The molecule has 0 bridgehead atoms. The molecule has 1 amide bonds. The summed E-state index contributed by atoms with van der Waals surface area (Å²) in [7, 11) is 0. The lowest BCUT2D eigenvalue weighted by molar-refractivity contribution is 0.0374. The number of rotatable bonds is 8. The Morgan fingerprint density at radius 2 is 1.78 bits per heavy atom. The highest BCUT2D eigenvalue weighted by Gasteiger charge is 2.10. The van der Waals surface area contributed by atoms with Crippen LogP contribution >= 0.6 is 11.8 Å². The van der Waals surface area contributed by atoms with Crippen LogP contribution in [0.5, 0.6) is 0 Å². The minimum absolute atomic E-state index is 0.00900. The van der Waals surface area contributed by atoms with Gasteiger partial charge in [0.05, 0.1) is 13.2 Å². The summed E-state index contributed by atoms with van der Waals surface area (Å²) in [6.45, 7) is 7.45. The van der Waals surface area contributed by atoms with Gasteiger partial charge in [0.25, 0.3) is 5.91 Å². The second-order valence-electron chi connectivity index (χ2n) is 6.86. The van der Waals surface area contributed by atoms with Gasteiger partial charge < -0.3 is 10.1 Å². The zero-order valence-electron chi connectivity index (χ0n) is 15.9. The van der Waals surface area contributed by atoms with Crippen LogP contribution in [0, 0.1) is 6.92 Å². The molecule has 0 atom stereocenters. The summed E-state index contributed by atoms with van der Waals surface area (Å²) >= 11 is 1.81. The fourth-order valence-corrected chi connectivity index (χ4v) is 3.84. The van der Waals surface area contributed by atoms with Crippen molar-refractivity contribution in [3.05, 3.63) is 65.2 Å². The lowest BCUT2D eigenvalue weighted by atomic mass is 10.1. The molecule has 0 radical (unpaired) electrons. The molecule has 1 N–H and O–H groups in total. The van der Waals surface area contributed by atoms with Crippen molar-refractivity contribution >= 4 is 17.7 Å². The van der Waals surface area contributed by atoms with E-state index in [-0.39, 0.29) is 5.91 Å². The maximum absolute atomic E-state index is 12.3. The van der Waals surface area contributed by atoms with Crippen LogP contribution in [-0.2, 0) is 10.5 Å². The summed E-state index contributed by atoms with van der Waals surface area (Å²) in [5, 5.41) is 3.02. The van der Waals surface area contributed by atoms with E-state index in [9.17, 15) is 4.79 Å². The van der Waals surface area contributed by atoms with Crippen LogP contribution in [0.1, 0.15) is 27.9 Å². The van der Waals surface area contributed by atoms with Gasteiger partial charge in [0.1, 0.15) is 0 Å². The lowest BCUT2D eigenvalue weighted by Crippen LogP contribution is -2.38. The lowest BCUT2D eigenvalue weighted by Gasteiger charge is -2.26. The van der Waals surface area contributed by atoms with Crippen LogP contribution in [0.4, 0.5) is 0 Å². The maximum atomic E-state index is 12.3. The molecule has 1 heterocycles. The molecular weight excluding hydrogens is 356 g/mol. The van der Waals surface area contributed by atoms with Gasteiger partial charge in [-0.3, -0.25) is 9.69 Å². The average Bonchev–Trinajstić information content (AvgIpc) is 2.72. The number of benzene rings is 2. The highest BCUT2D eigenvalue weighted by Crippen LogP contribution is 2.23. The first-order chi connectivity index (χ1) is 13.2. The maximum Gasteiger partial charge on any atom is 0.251 e. The number of nitrogens with zero attached hydrogens (tertiary/aromatic N) is 1. The van der Waals surface area contributed by atoms with Crippen LogP contribution < -0.4 is 5.32 Å².